The Morgan fingerprint density at radius 3 is 2.74 bits per heavy atom. The first-order valence-corrected chi connectivity index (χ1v) is 7.96. The maximum atomic E-state index is 12.1. The lowest BCUT2D eigenvalue weighted by Crippen LogP contribution is -2.46. The lowest BCUT2D eigenvalue weighted by molar-refractivity contribution is -0.121. The maximum Gasteiger partial charge on any atom is 0.233 e. The van der Waals surface area contributed by atoms with E-state index in [1.54, 1.807) is 0 Å². The molecule has 19 heavy (non-hydrogen) atoms. The SMILES string of the molecule is CCC(C)(C)NC(=O)C(C)Sc1cc(Br)ccc1N. The fourth-order valence-electron chi connectivity index (χ4n) is 1.38. The molecule has 1 amide bonds. The molecule has 0 spiro atoms. The molecule has 0 radical (unpaired) electrons. The largest absolute Gasteiger partial charge is 0.398 e. The number of nitrogen functional groups attached to an aromatic ring is 1. The normalized spacial score (nSPS) is 13.1. The van der Waals surface area contributed by atoms with Crippen LogP contribution in [0.4, 0.5) is 5.69 Å². The molecule has 1 aromatic carbocycles. The van der Waals surface area contributed by atoms with E-state index in [2.05, 4.69) is 28.2 Å². The molecule has 3 nitrogen and oxygen atoms in total. The van der Waals surface area contributed by atoms with Crippen LogP contribution in [0.3, 0.4) is 0 Å². The van der Waals surface area contributed by atoms with E-state index in [4.69, 9.17) is 5.73 Å². The maximum absolute atomic E-state index is 12.1. The van der Waals surface area contributed by atoms with Gasteiger partial charge in [-0.15, -0.1) is 11.8 Å². The predicted octanol–water partition coefficient (Wildman–Crippen LogP) is 3.82. The number of nitrogens with one attached hydrogen (secondary N) is 1. The Kier molecular flexibility index (Phi) is 5.74. The summed E-state index contributed by atoms with van der Waals surface area (Å²) in [5, 5.41) is 2.87. The number of amides is 1. The van der Waals surface area contributed by atoms with Crippen LogP contribution in [0, 0.1) is 0 Å². The van der Waals surface area contributed by atoms with Crippen LogP contribution in [-0.2, 0) is 4.79 Å². The van der Waals surface area contributed by atoms with Crippen molar-refractivity contribution in [1.82, 2.24) is 5.32 Å². The second kappa shape index (κ2) is 6.66. The predicted molar refractivity (Wildman–Crippen MR) is 86.4 cm³/mol. The third kappa shape index (κ3) is 5.07. The van der Waals surface area contributed by atoms with Crippen LogP contribution < -0.4 is 11.1 Å². The van der Waals surface area contributed by atoms with Crippen molar-refractivity contribution in [2.24, 2.45) is 0 Å². The molecule has 0 aliphatic heterocycles. The van der Waals surface area contributed by atoms with Crippen LogP contribution in [0.5, 0.6) is 0 Å². The Balaban J connectivity index is 2.71. The summed E-state index contributed by atoms with van der Waals surface area (Å²) in [6.45, 7) is 8.00. The first-order chi connectivity index (χ1) is 8.75. The summed E-state index contributed by atoms with van der Waals surface area (Å²) in [7, 11) is 0. The van der Waals surface area contributed by atoms with Gasteiger partial charge in [-0.1, -0.05) is 22.9 Å². The number of benzene rings is 1. The van der Waals surface area contributed by atoms with Crippen molar-refractivity contribution < 1.29 is 4.79 Å². The smallest absolute Gasteiger partial charge is 0.233 e. The number of halogens is 1. The van der Waals surface area contributed by atoms with Gasteiger partial charge in [0.2, 0.25) is 5.91 Å². The topological polar surface area (TPSA) is 55.1 Å². The van der Waals surface area contributed by atoms with Crippen LogP contribution >= 0.6 is 27.7 Å². The monoisotopic (exact) mass is 344 g/mol. The van der Waals surface area contributed by atoms with Gasteiger partial charge in [0.15, 0.2) is 0 Å². The van der Waals surface area contributed by atoms with Gasteiger partial charge in [0, 0.05) is 20.6 Å². The van der Waals surface area contributed by atoms with Gasteiger partial charge in [0.25, 0.3) is 0 Å². The second-order valence-corrected chi connectivity index (χ2v) is 7.47. The van der Waals surface area contributed by atoms with Gasteiger partial charge < -0.3 is 11.1 Å². The highest BCUT2D eigenvalue weighted by atomic mass is 79.9. The Morgan fingerprint density at radius 2 is 2.16 bits per heavy atom. The summed E-state index contributed by atoms with van der Waals surface area (Å²) in [4.78, 5) is 13.1. The number of carbonyl (C=O) groups is 1. The fraction of sp³-hybridized carbons (Fsp3) is 0.500. The zero-order chi connectivity index (χ0) is 14.6. The van der Waals surface area contributed by atoms with Crippen molar-refractivity contribution in [1.29, 1.82) is 0 Å². The van der Waals surface area contributed by atoms with Crippen LogP contribution in [0.25, 0.3) is 0 Å². The highest BCUT2D eigenvalue weighted by Crippen LogP contribution is 2.31. The number of hydrogen-bond acceptors (Lipinski definition) is 3. The minimum absolute atomic E-state index is 0.0382. The number of nitrogens with two attached hydrogens (primary N) is 1. The van der Waals surface area contributed by atoms with Gasteiger partial charge in [0.05, 0.1) is 5.25 Å². The minimum Gasteiger partial charge on any atom is -0.398 e. The Bertz CT molecular complexity index is 463. The summed E-state index contributed by atoms with van der Waals surface area (Å²) in [5.74, 6) is 0.0382. The van der Waals surface area contributed by atoms with E-state index >= 15 is 0 Å². The van der Waals surface area contributed by atoms with E-state index in [-0.39, 0.29) is 16.7 Å². The molecule has 3 N–H and O–H groups in total. The van der Waals surface area contributed by atoms with E-state index < -0.39 is 0 Å². The van der Waals surface area contributed by atoms with Crippen molar-refractivity contribution in [2.75, 3.05) is 5.73 Å². The molecule has 0 aromatic heterocycles. The van der Waals surface area contributed by atoms with E-state index in [1.165, 1.54) is 11.8 Å². The van der Waals surface area contributed by atoms with Crippen molar-refractivity contribution in [2.45, 2.75) is 49.8 Å². The molecule has 1 aromatic rings. The highest BCUT2D eigenvalue weighted by Gasteiger charge is 2.22. The third-order valence-electron chi connectivity index (χ3n) is 2.99. The molecule has 0 bridgehead atoms. The first kappa shape index (κ1) is 16.4. The fourth-order valence-corrected chi connectivity index (χ4v) is 2.84. The molecule has 1 rings (SSSR count). The minimum atomic E-state index is -0.178. The molecule has 0 heterocycles. The van der Waals surface area contributed by atoms with Gasteiger partial charge in [-0.2, -0.15) is 0 Å². The second-order valence-electron chi connectivity index (χ2n) is 5.17. The average Bonchev–Trinajstić information content (AvgIpc) is 2.33. The molecule has 0 fully saturated rings. The summed E-state index contributed by atoms with van der Waals surface area (Å²) < 4.78 is 0.964. The van der Waals surface area contributed by atoms with Gasteiger partial charge in [0.1, 0.15) is 0 Å². The van der Waals surface area contributed by atoms with Gasteiger partial charge >= 0.3 is 0 Å². The van der Waals surface area contributed by atoms with E-state index in [1.807, 2.05) is 39.0 Å². The quantitative estimate of drug-likeness (QED) is 0.630. The molecule has 1 unspecified atom stereocenters. The van der Waals surface area contributed by atoms with Crippen molar-refractivity contribution >= 4 is 39.3 Å². The number of anilines is 1. The van der Waals surface area contributed by atoms with Gasteiger partial charge in [-0.05, 0) is 45.4 Å². The lowest BCUT2D eigenvalue weighted by Gasteiger charge is -2.26. The average molecular weight is 345 g/mol. The Hall–Kier alpha value is -0.680. The van der Waals surface area contributed by atoms with Gasteiger partial charge in [-0.25, -0.2) is 0 Å². The Labute approximate surface area is 127 Å². The summed E-state index contributed by atoms with van der Waals surface area (Å²) >= 11 is 4.89. The molecule has 0 saturated heterocycles. The molecule has 0 saturated carbocycles. The molecular weight excluding hydrogens is 324 g/mol. The zero-order valence-corrected chi connectivity index (χ0v) is 14.2. The zero-order valence-electron chi connectivity index (χ0n) is 11.8. The number of hydrogen-bond donors (Lipinski definition) is 2. The van der Waals surface area contributed by atoms with Gasteiger partial charge in [-0.3, -0.25) is 4.79 Å². The number of carbonyl (C=O) groups excluding carboxylic acids is 1. The summed E-state index contributed by atoms with van der Waals surface area (Å²) in [6, 6.07) is 5.67. The van der Waals surface area contributed by atoms with Crippen LogP contribution in [0.2, 0.25) is 0 Å². The third-order valence-corrected chi connectivity index (χ3v) is 4.66. The molecule has 5 heteroatoms. The molecular formula is C14H21BrN2OS. The summed E-state index contributed by atoms with van der Waals surface area (Å²) in [5.41, 5.74) is 6.44. The molecule has 106 valence electrons. The van der Waals surface area contributed by atoms with E-state index in [9.17, 15) is 4.79 Å². The van der Waals surface area contributed by atoms with E-state index in [0.717, 1.165) is 15.8 Å². The number of thioether (sulfide) groups is 1. The van der Waals surface area contributed by atoms with Crippen LogP contribution in [-0.4, -0.2) is 16.7 Å². The van der Waals surface area contributed by atoms with Crippen molar-refractivity contribution in [3.8, 4) is 0 Å². The first-order valence-electron chi connectivity index (χ1n) is 6.29. The van der Waals surface area contributed by atoms with Crippen molar-refractivity contribution in [3.63, 3.8) is 0 Å². The summed E-state index contributed by atoms with van der Waals surface area (Å²) in [6.07, 6.45) is 0.898. The molecule has 1 atom stereocenters. The Morgan fingerprint density at radius 1 is 1.53 bits per heavy atom. The van der Waals surface area contributed by atoms with Crippen molar-refractivity contribution in [3.05, 3.63) is 22.7 Å². The lowest BCUT2D eigenvalue weighted by atomic mass is 10.0. The van der Waals surface area contributed by atoms with Crippen LogP contribution in [0.15, 0.2) is 27.6 Å². The highest BCUT2D eigenvalue weighted by molar-refractivity contribution is 9.10. The standard InChI is InChI=1S/C14H21BrN2OS/c1-5-14(3,4)17-13(18)9(2)19-12-8-10(15)6-7-11(12)16/h6-9H,5,16H2,1-4H3,(H,17,18). The number of rotatable bonds is 5. The molecule has 0 aliphatic carbocycles. The molecule has 0 aliphatic rings. The van der Waals surface area contributed by atoms with Crippen LogP contribution in [0.1, 0.15) is 34.1 Å². The van der Waals surface area contributed by atoms with E-state index in [0.29, 0.717) is 5.69 Å².